The Kier molecular flexibility index (Phi) is 26.4. The van der Waals surface area contributed by atoms with Crippen LogP contribution in [-0.4, -0.2) is 53.5 Å². The molecule has 0 saturated heterocycles. The third kappa shape index (κ3) is 20.9. The normalized spacial score (nSPS) is 12.0. The molecule has 0 fully saturated rings. The highest BCUT2D eigenvalue weighted by atomic mass is 35.5. The van der Waals surface area contributed by atoms with Gasteiger partial charge >= 0.3 is 0 Å². The van der Waals surface area contributed by atoms with Crippen molar-refractivity contribution in [1.29, 1.82) is 0 Å². The molecule has 1 atom stereocenters. The molecule has 0 heterocycles. The Bertz CT molecular complexity index is 353. The molecule has 0 spiro atoms. The van der Waals surface area contributed by atoms with E-state index in [1.807, 2.05) is 11.8 Å². The zero-order valence-corrected chi connectivity index (χ0v) is 20.7. The quantitative estimate of drug-likeness (QED) is 0.152. The molecule has 0 rings (SSSR count). The lowest BCUT2D eigenvalue weighted by Crippen LogP contribution is -2.48. The van der Waals surface area contributed by atoms with Gasteiger partial charge in [-0.3, -0.25) is 9.69 Å². The summed E-state index contributed by atoms with van der Waals surface area (Å²) in [6.45, 7) is 5.14. The van der Waals surface area contributed by atoms with Crippen LogP contribution in [0.2, 0.25) is 0 Å². The summed E-state index contributed by atoms with van der Waals surface area (Å²) in [7, 11) is 0. The molecule has 0 aliphatic heterocycles. The minimum absolute atomic E-state index is 0. The van der Waals surface area contributed by atoms with Crippen molar-refractivity contribution < 1.29 is 15.0 Å². The van der Waals surface area contributed by atoms with Gasteiger partial charge in [0.25, 0.3) is 0 Å². The van der Waals surface area contributed by atoms with Crippen molar-refractivity contribution in [1.82, 2.24) is 10.2 Å². The smallest absolute Gasteiger partial charge is 0.221 e. The summed E-state index contributed by atoms with van der Waals surface area (Å²) in [4.78, 5) is 13.9. The molecule has 0 aliphatic carbocycles. The van der Waals surface area contributed by atoms with Crippen LogP contribution in [0.5, 0.6) is 0 Å². The Hall–Kier alpha value is -0.360. The van der Waals surface area contributed by atoms with E-state index in [4.69, 9.17) is 10.2 Å². The van der Waals surface area contributed by atoms with Gasteiger partial charge in [-0.15, -0.1) is 12.4 Å². The Morgan fingerprint density at radius 2 is 1.10 bits per heavy atom. The highest BCUT2D eigenvalue weighted by Crippen LogP contribution is 2.13. The standard InChI is InChI=1S/C24H50N2O3.ClH/c1-3-4-5-6-7-8-9-10-11-12-13-14-15-16-17-18-24(29)25-23(2)26(19-21-27)20-22-28;/h23,27-28H,3-22H2,1-2H3,(H,25,29);1H. The summed E-state index contributed by atoms with van der Waals surface area (Å²) in [6.07, 6.45) is 20.3. The van der Waals surface area contributed by atoms with Crippen LogP contribution in [0.1, 0.15) is 117 Å². The molecule has 30 heavy (non-hydrogen) atoms. The minimum Gasteiger partial charge on any atom is -0.395 e. The van der Waals surface area contributed by atoms with Gasteiger partial charge in [-0.2, -0.15) is 0 Å². The van der Waals surface area contributed by atoms with E-state index in [0.717, 1.165) is 12.8 Å². The SMILES string of the molecule is CCCCCCCCCCCCCCCCCC(=O)NC(C)N(CCO)CCO.Cl. The average Bonchev–Trinajstić information content (AvgIpc) is 2.70. The lowest BCUT2D eigenvalue weighted by Gasteiger charge is -2.28. The van der Waals surface area contributed by atoms with Gasteiger partial charge in [0.05, 0.1) is 19.4 Å². The molecule has 5 nitrogen and oxygen atoms in total. The second-order valence-electron chi connectivity index (χ2n) is 8.43. The van der Waals surface area contributed by atoms with Gasteiger partial charge in [0, 0.05) is 19.5 Å². The van der Waals surface area contributed by atoms with Crippen molar-refractivity contribution in [3.8, 4) is 0 Å². The number of unbranched alkanes of at least 4 members (excludes halogenated alkanes) is 14. The van der Waals surface area contributed by atoms with Crippen molar-refractivity contribution in [2.75, 3.05) is 26.3 Å². The van der Waals surface area contributed by atoms with Gasteiger partial charge in [-0.05, 0) is 13.3 Å². The Morgan fingerprint density at radius 3 is 1.47 bits per heavy atom. The maximum Gasteiger partial charge on any atom is 0.221 e. The van der Waals surface area contributed by atoms with Crippen molar-refractivity contribution in [3.05, 3.63) is 0 Å². The number of aliphatic hydroxyl groups excluding tert-OH is 2. The topological polar surface area (TPSA) is 72.8 Å². The Balaban J connectivity index is 0. The predicted octanol–water partition coefficient (Wildman–Crippen LogP) is 5.42. The zero-order valence-electron chi connectivity index (χ0n) is 19.9. The highest BCUT2D eigenvalue weighted by molar-refractivity contribution is 5.85. The van der Waals surface area contributed by atoms with E-state index in [2.05, 4.69) is 12.2 Å². The lowest BCUT2D eigenvalue weighted by atomic mass is 10.0. The molecular weight excluding hydrogens is 400 g/mol. The predicted molar refractivity (Wildman–Crippen MR) is 130 cm³/mol. The second kappa shape index (κ2) is 24.9. The van der Waals surface area contributed by atoms with Crippen LogP contribution in [0.15, 0.2) is 0 Å². The van der Waals surface area contributed by atoms with E-state index in [0.29, 0.717) is 19.5 Å². The summed E-state index contributed by atoms with van der Waals surface area (Å²) in [5.74, 6) is 0.0630. The van der Waals surface area contributed by atoms with Crippen molar-refractivity contribution in [3.63, 3.8) is 0 Å². The summed E-state index contributed by atoms with van der Waals surface area (Å²) in [6, 6.07) is 0. The van der Waals surface area contributed by atoms with Crippen LogP contribution in [0, 0.1) is 0 Å². The first kappa shape index (κ1) is 31.8. The maximum atomic E-state index is 12.0. The number of halogens is 1. The maximum absolute atomic E-state index is 12.0. The van der Waals surface area contributed by atoms with E-state index in [9.17, 15) is 4.79 Å². The first-order chi connectivity index (χ1) is 14.2. The van der Waals surface area contributed by atoms with Crippen LogP contribution in [-0.2, 0) is 4.79 Å². The summed E-state index contributed by atoms with van der Waals surface area (Å²) in [5.41, 5.74) is 0. The molecule has 0 aromatic carbocycles. The number of hydrogen-bond donors (Lipinski definition) is 3. The monoisotopic (exact) mass is 450 g/mol. The van der Waals surface area contributed by atoms with Crippen molar-refractivity contribution >= 4 is 18.3 Å². The molecule has 0 aliphatic rings. The fourth-order valence-electron chi connectivity index (χ4n) is 3.81. The van der Waals surface area contributed by atoms with E-state index in [1.165, 1.54) is 83.5 Å². The van der Waals surface area contributed by atoms with Crippen LogP contribution in [0.3, 0.4) is 0 Å². The number of carbonyl (C=O) groups excluding carboxylic acids is 1. The fourth-order valence-corrected chi connectivity index (χ4v) is 3.81. The first-order valence-electron chi connectivity index (χ1n) is 12.4. The van der Waals surface area contributed by atoms with E-state index >= 15 is 0 Å². The fraction of sp³-hybridized carbons (Fsp3) is 0.958. The lowest BCUT2D eigenvalue weighted by molar-refractivity contribution is -0.123. The van der Waals surface area contributed by atoms with Gasteiger partial charge in [-0.25, -0.2) is 0 Å². The molecule has 0 radical (unpaired) electrons. The average molecular weight is 451 g/mol. The van der Waals surface area contributed by atoms with Crippen LogP contribution in [0.4, 0.5) is 0 Å². The first-order valence-corrected chi connectivity index (χ1v) is 12.4. The summed E-state index contributed by atoms with van der Waals surface area (Å²) >= 11 is 0. The second-order valence-corrected chi connectivity index (χ2v) is 8.43. The third-order valence-corrected chi connectivity index (χ3v) is 5.70. The molecule has 0 bridgehead atoms. The molecule has 6 heteroatoms. The molecule has 0 aromatic rings. The number of carbonyl (C=O) groups is 1. The third-order valence-electron chi connectivity index (χ3n) is 5.70. The number of rotatable bonds is 22. The Labute approximate surface area is 192 Å². The summed E-state index contributed by atoms with van der Waals surface area (Å²) in [5, 5.41) is 21.1. The largest absolute Gasteiger partial charge is 0.395 e. The number of aliphatic hydroxyl groups is 2. The van der Waals surface area contributed by atoms with Crippen LogP contribution < -0.4 is 5.32 Å². The summed E-state index contributed by atoms with van der Waals surface area (Å²) < 4.78 is 0. The van der Waals surface area contributed by atoms with Gasteiger partial charge < -0.3 is 15.5 Å². The highest BCUT2D eigenvalue weighted by Gasteiger charge is 2.14. The number of nitrogens with zero attached hydrogens (tertiary/aromatic N) is 1. The van der Waals surface area contributed by atoms with Crippen LogP contribution >= 0.6 is 12.4 Å². The van der Waals surface area contributed by atoms with Gasteiger partial charge in [0.2, 0.25) is 5.91 Å². The Morgan fingerprint density at radius 1 is 0.733 bits per heavy atom. The molecular formula is C24H51ClN2O3. The van der Waals surface area contributed by atoms with E-state index in [-0.39, 0.29) is 37.7 Å². The van der Waals surface area contributed by atoms with Crippen molar-refractivity contribution in [2.24, 2.45) is 0 Å². The van der Waals surface area contributed by atoms with Gasteiger partial charge in [-0.1, -0.05) is 96.8 Å². The van der Waals surface area contributed by atoms with Gasteiger partial charge in [0.1, 0.15) is 0 Å². The molecule has 1 amide bonds. The number of amides is 1. The minimum atomic E-state index is -0.154. The van der Waals surface area contributed by atoms with E-state index in [1.54, 1.807) is 0 Å². The molecule has 1 unspecified atom stereocenters. The molecule has 182 valence electrons. The molecule has 0 aromatic heterocycles. The van der Waals surface area contributed by atoms with Gasteiger partial charge in [0.15, 0.2) is 0 Å². The van der Waals surface area contributed by atoms with Crippen LogP contribution in [0.25, 0.3) is 0 Å². The zero-order chi connectivity index (χ0) is 21.6. The molecule has 0 saturated carbocycles. The molecule has 3 N–H and O–H groups in total. The van der Waals surface area contributed by atoms with Crippen molar-refractivity contribution in [2.45, 2.75) is 123 Å². The van der Waals surface area contributed by atoms with E-state index < -0.39 is 0 Å². The number of hydrogen-bond acceptors (Lipinski definition) is 4. The number of nitrogens with one attached hydrogen (secondary N) is 1.